The smallest absolute Gasteiger partial charge is 0.138 e. The van der Waals surface area contributed by atoms with Crippen molar-refractivity contribution in [1.82, 2.24) is 5.32 Å². The van der Waals surface area contributed by atoms with Crippen LogP contribution in [0.5, 0.6) is 0 Å². The van der Waals surface area contributed by atoms with Gasteiger partial charge < -0.3 is 5.32 Å². The van der Waals surface area contributed by atoms with Gasteiger partial charge in [0.1, 0.15) is 5.78 Å². The van der Waals surface area contributed by atoms with Crippen molar-refractivity contribution in [2.45, 2.75) is 44.9 Å². The van der Waals surface area contributed by atoms with Gasteiger partial charge in [-0.05, 0) is 18.8 Å². The molecule has 2 heteroatoms. The highest BCUT2D eigenvalue weighted by Gasteiger charge is 2.29. The lowest BCUT2D eigenvalue weighted by molar-refractivity contribution is -0.125. The fraction of sp³-hybridized carbons (Fsp3) is 0.917. The van der Waals surface area contributed by atoms with Crippen molar-refractivity contribution in [3.63, 3.8) is 0 Å². The first-order valence-electron chi connectivity index (χ1n) is 6.11. The number of Topliss-reactive ketones (excluding diaryl/α,β-unsaturated/α-hetero) is 1. The van der Waals surface area contributed by atoms with Crippen LogP contribution in [0.25, 0.3) is 0 Å². The molecule has 1 heterocycles. The molecule has 2 nitrogen and oxygen atoms in total. The molecule has 1 aliphatic carbocycles. The molecule has 0 spiro atoms. The molecule has 0 aromatic heterocycles. The van der Waals surface area contributed by atoms with E-state index >= 15 is 0 Å². The van der Waals surface area contributed by atoms with Crippen LogP contribution in [0.2, 0.25) is 0 Å². The molecule has 2 fully saturated rings. The minimum atomic E-state index is 0.349. The molecule has 0 aromatic rings. The molecule has 1 unspecified atom stereocenters. The molecule has 0 bridgehead atoms. The van der Waals surface area contributed by atoms with E-state index in [2.05, 4.69) is 5.32 Å². The Morgan fingerprint density at radius 3 is 2.43 bits per heavy atom. The molecule has 14 heavy (non-hydrogen) atoms. The van der Waals surface area contributed by atoms with E-state index in [1.54, 1.807) is 0 Å². The lowest BCUT2D eigenvalue weighted by Gasteiger charge is -2.28. The monoisotopic (exact) mass is 195 g/mol. The maximum absolute atomic E-state index is 11.8. The second kappa shape index (κ2) is 4.92. The van der Waals surface area contributed by atoms with Gasteiger partial charge in [-0.15, -0.1) is 0 Å². The van der Waals surface area contributed by atoms with Crippen molar-refractivity contribution in [2.24, 2.45) is 11.8 Å². The van der Waals surface area contributed by atoms with Crippen LogP contribution >= 0.6 is 0 Å². The number of carbonyl (C=O) groups is 1. The number of hydrogen-bond donors (Lipinski definition) is 1. The molecule has 0 amide bonds. The summed E-state index contributed by atoms with van der Waals surface area (Å²) in [4.78, 5) is 11.8. The lowest BCUT2D eigenvalue weighted by atomic mass is 9.81. The van der Waals surface area contributed by atoms with Crippen molar-refractivity contribution in [1.29, 1.82) is 0 Å². The van der Waals surface area contributed by atoms with Crippen LogP contribution in [0.1, 0.15) is 44.9 Å². The van der Waals surface area contributed by atoms with Crippen LogP contribution < -0.4 is 5.32 Å². The fourth-order valence-corrected chi connectivity index (χ4v) is 2.91. The number of ketones is 1. The van der Waals surface area contributed by atoms with Gasteiger partial charge in [0.15, 0.2) is 0 Å². The van der Waals surface area contributed by atoms with E-state index in [0.717, 1.165) is 19.5 Å². The van der Waals surface area contributed by atoms with Crippen LogP contribution in [0.4, 0.5) is 0 Å². The normalized spacial score (nSPS) is 31.4. The highest BCUT2D eigenvalue weighted by atomic mass is 16.1. The maximum atomic E-state index is 11.8. The van der Waals surface area contributed by atoms with Gasteiger partial charge in [-0.3, -0.25) is 4.79 Å². The molecule has 0 radical (unpaired) electrons. The Morgan fingerprint density at radius 1 is 1.07 bits per heavy atom. The van der Waals surface area contributed by atoms with Crippen LogP contribution in [0.3, 0.4) is 0 Å². The third-order valence-electron chi connectivity index (χ3n) is 3.79. The van der Waals surface area contributed by atoms with E-state index in [1.807, 2.05) is 0 Å². The standard InChI is InChI=1S/C12H21NO/c14-12-7-8-13-9-11(12)10-5-3-1-2-4-6-10/h10-11,13H,1-9H2. The molecule has 2 rings (SSSR count). The van der Waals surface area contributed by atoms with Gasteiger partial charge in [0.2, 0.25) is 0 Å². The maximum Gasteiger partial charge on any atom is 0.138 e. The Bertz CT molecular complexity index is 194. The van der Waals surface area contributed by atoms with Gasteiger partial charge >= 0.3 is 0 Å². The average molecular weight is 195 g/mol. The van der Waals surface area contributed by atoms with E-state index in [4.69, 9.17) is 0 Å². The number of carbonyl (C=O) groups excluding carboxylic acids is 1. The summed E-state index contributed by atoms with van der Waals surface area (Å²) in [5.41, 5.74) is 0. The number of piperidine rings is 1. The summed E-state index contributed by atoms with van der Waals surface area (Å²) in [6, 6.07) is 0. The Morgan fingerprint density at radius 2 is 1.79 bits per heavy atom. The van der Waals surface area contributed by atoms with Crippen molar-refractivity contribution in [3.8, 4) is 0 Å². The second-order valence-electron chi connectivity index (χ2n) is 4.78. The minimum Gasteiger partial charge on any atom is -0.316 e. The first-order chi connectivity index (χ1) is 6.88. The molecule has 80 valence electrons. The molecule has 2 aliphatic rings. The molecule has 1 aliphatic heterocycles. The van der Waals surface area contributed by atoms with Crippen molar-refractivity contribution >= 4 is 5.78 Å². The van der Waals surface area contributed by atoms with Crippen LogP contribution in [0.15, 0.2) is 0 Å². The van der Waals surface area contributed by atoms with Gasteiger partial charge in [0.25, 0.3) is 0 Å². The Kier molecular flexibility index (Phi) is 3.57. The van der Waals surface area contributed by atoms with Gasteiger partial charge in [0.05, 0.1) is 0 Å². The first-order valence-corrected chi connectivity index (χ1v) is 6.11. The topological polar surface area (TPSA) is 29.1 Å². The van der Waals surface area contributed by atoms with Crippen molar-refractivity contribution in [2.75, 3.05) is 13.1 Å². The molecular weight excluding hydrogens is 174 g/mol. The summed E-state index contributed by atoms with van der Waals surface area (Å²) in [6.45, 7) is 1.85. The van der Waals surface area contributed by atoms with E-state index in [9.17, 15) is 4.79 Å². The molecule has 1 N–H and O–H groups in total. The summed E-state index contributed by atoms with van der Waals surface area (Å²) in [5.74, 6) is 1.57. The van der Waals surface area contributed by atoms with Crippen LogP contribution in [-0.4, -0.2) is 18.9 Å². The third kappa shape index (κ3) is 2.35. The number of rotatable bonds is 1. The van der Waals surface area contributed by atoms with Crippen LogP contribution in [-0.2, 0) is 4.79 Å². The fourth-order valence-electron chi connectivity index (χ4n) is 2.91. The Hall–Kier alpha value is -0.370. The summed E-state index contributed by atoms with van der Waals surface area (Å²) < 4.78 is 0. The molecule has 1 saturated carbocycles. The number of hydrogen-bond acceptors (Lipinski definition) is 2. The predicted molar refractivity (Wildman–Crippen MR) is 57.2 cm³/mol. The zero-order valence-corrected chi connectivity index (χ0v) is 8.93. The molecule has 0 aromatic carbocycles. The predicted octanol–water partition coefficient (Wildman–Crippen LogP) is 2.14. The van der Waals surface area contributed by atoms with E-state index in [1.165, 1.54) is 38.5 Å². The minimum absolute atomic E-state index is 0.349. The summed E-state index contributed by atoms with van der Waals surface area (Å²) in [7, 11) is 0. The summed E-state index contributed by atoms with van der Waals surface area (Å²) in [5, 5.41) is 3.36. The summed E-state index contributed by atoms with van der Waals surface area (Å²) >= 11 is 0. The Balaban J connectivity index is 1.93. The van der Waals surface area contributed by atoms with Gasteiger partial charge in [0, 0.05) is 25.4 Å². The van der Waals surface area contributed by atoms with E-state index < -0.39 is 0 Å². The molecule has 1 atom stereocenters. The third-order valence-corrected chi connectivity index (χ3v) is 3.79. The average Bonchev–Trinajstić information content (AvgIpc) is 2.47. The van der Waals surface area contributed by atoms with Gasteiger partial charge in [-0.1, -0.05) is 25.7 Å². The molecular formula is C12H21NO. The van der Waals surface area contributed by atoms with Crippen LogP contribution in [0, 0.1) is 11.8 Å². The van der Waals surface area contributed by atoms with E-state index in [0.29, 0.717) is 17.6 Å². The first kappa shape index (κ1) is 10.2. The zero-order valence-electron chi connectivity index (χ0n) is 8.93. The highest BCUT2D eigenvalue weighted by molar-refractivity contribution is 5.82. The van der Waals surface area contributed by atoms with E-state index in [-0.39, 0.29) is 0 Å². The largest absolute Gasteiger partial charge is 0.316 e. The highest BCUT2D eigenvalue weighted by Crippen LogP contribution is 2.30. The number of nitrogens with one attached hydrogen (secondary N) is 1. The lowest BCUT2D eigenvalue weighted by Crippen LogP contribution is -2.40. The Labute approximate surface area is 86.5 Å². The molecule has 1 saturated heterocycles. The van der Waals surface area contributed by atoms with Crippen molar-refractivity contribution in [3.05, 3.63) is 0 Å². The summed E-state index contributed by atoms with van der Waals surface area (Å²) in [6.07, 6.45) is 8.79. The van der Waals surface area contributed by atoms with Crippen molar-refractivity contribution < 1.29 is 4.79 Å². The second-order valence-corrected chi connectivity index (χ2v) is 4.78. The SMILES string of the molecule is O=C1CCNCC1C1CCCCCC1. The van der Waals surface area contributed by atoms with Gasteiger partial charge in [-0.25, -0.2) is 0 Å². The van der Waals surface area contributed by atoms with Gasteiger partial charge in [-0.2, -0.15) is 0 Å². The zero-order chi connectivity index (χ0) is 9.80. The quantitative estimate of drug-likeness (QED) is 0.649.